The van der Waals surface area contributed by atoms with Gasteiger partial charge in [-0.05, 0) is 37.0 Å². The summed E-state index contributed by atoms with van der Waals surface area (Å²) in [7, 11) is 0. The lowest BCUT2D eigenvalue weighted by atomic mass is 9.96. The Morgan fingerprint density at radius 1 is 1.34 bits per heavy atom. The molecule has 0 aliphatic carbocycles. The molecule has 3 aromatic rings. The molecule has 0 spiro atoms. The number of carboxylic acids is 1. The van der Waals surface area contributed by atoms with Crippen LogP contribution in [0.4, 0.5) is 5.95 Å². The molecular formula is C24H27ClN6O4. The van der Waals surface area contributed by atoms with E-state index in [0.29, 0.717) is 35.6 Å². The van der Waals surface area contributed by atoms with E-state index in [0.717, 1.165) is 17.5 Å². The number of imidazole rings is 1. The van der Waals surface area contributed by atoms with Crippen molar-refractivity contribution in [3.63, 3.8) is 0 Å². The molecule has 1 aromatic carbocycles. The van der Waals surface area contributed by atoms with Crippen molar-refractivity contribution in [2.24, 2.45) is 5.92 Å². The van der Waals surface area contributed by atoms with Crippen LogP contribution in [-0.4, -0.2) is 55.8 Å². The molecule has 11 heteroatoms. The van der Waals surface area contributed by atoms with Gasteiger partial charge in [0.25, 0.3) is 5.91 Å². The van der Waals surface area contributed by atoms with Crippen LogP contribution in [0.3, 0.4) is 0 Å². The van der Waals surface area contributed by atoms with Crippen molar-refractivity contribution in [3.8, 4) is 5.82 Å². The minimum absolute atomic E-state index is 0.171. The highest BCUT2D eigenvalue weighted by molar-refractivity contribution is 6.31. The molecule has 2 aromatic heterocycles. The summed E-state index contributed by atoms with van der Waals surface area (Å²) in [4.78, 5) is 37.2. The SMILES string of the molecule is Cc1cnc(NC2CCOC2)nc1-n1cnc(C(=O)NCc2cccc(Cl)c2C[C@H](C)C(=O)O)c1. The van der Waals surface area contributed by atoms with Crippen molar-refractivity contribution in [2.45, 2.75) is 39.3 Å². The molecule has 184 valence electrons. The summed E-state index contributed by atoms with van der Waals surface area (Å²) in [5.74, 6) is -0.760. The van der Waals surface area contributed by atoms with Gasteiger partial charge in [-0.3, -0.25) is 14.2 Å². The summed E-state index contributed by atoms with van der Waals surface area (Å²) in [5, 5.41) is 15.8. The number of hydrogen-bond acceptors (Lipinski definition) is 7. The molecule has 0 radical (unpaired) electrons. The maximum Gasteiger partial charge on any atom is 0.306 e. The number of halogens is 1. The maximum absolute atomic E-state index is 12.8. The van der Waals surface area contributed by atoms with Crippen LogP contribution in [0.25, 0.3) is 5.82 Å². The molecule has 4 rings (SSSR count). The summed E-state index contributed by atoms with van der Waals surface area (Å²) >= 11 is 6.32. The zero-order valence-corrected chi connectivity index (χ0v) is 20.2. The van der Waals surface area contributed by atoms with Gasteiger partial charge in [0.2, 0.25) is 5.95 Å². The number of rotatable bonds is 9. The molecule has 10 nitrogen and oxygen atoms in total. The number of aryl methyl sites for hydroxylation is 1. The van der Waals surface area contributed by atoms with Crippen LogP contribution in [-0.2, 0) is 22.5 Å². The van der Waals surface area contributed by atoms with Gasteiger partial charge >= 0.3 is 5.97 Å². The zero-order chi connectivity index (χ0) is 24.9. The first kappa shape index (κ1) is 24.6. The van der Waals surface area contributed by atoms with Crippen molar-refractivity contribution in [3.05, 3.63) is 64.3 Å². The van der Waals surface area contributed by atoms with Crippen LogP contribution in [0, 0.1) is 12.8 Å². The number of hydrogen-bond donors (Lipinski definition) is 3. The molecule has 0 saturated carbocycles. The van der Waals surface area contributed by atoms with Crippen LogP contribution >= 0.6 is 11.6 Å². The smallest absolute Gasteiger partial charge is 0.306 e. The standard InChI is InChI=1S/C24H27ClN6O4/c1-14(23(33)34)8-18-16(4-3-5-19(18)25)10-26-22(32)20-11-31(13-28-20)21-15(2)9-27-24(30-21)29-17-6-7-35-12-17/h3-5,9,11,13-14,17H,6-8,10,12H2,1-2H3,(H,26,32)(H,33,34)(H,27,29,30)/t14-,17?/m0/s1. The first-order chi connectivity index (χ1) is 16.8. The third kappa shape index (κ3) is 5.95. The number of amides is 1. The zero-order valence-electron chi connectivity index (χ0n) is 19.5. The molecule has 0 bridgehead atoms. The second kappa shape index (κ2) is 10.8. The van der Waals surface area contributed by atoms with E-state index in [9.17, 15) is 14.7 Å². The van der Waals surface area contributed by atoms with E-state index in [4.69, 9.17) is 16.3 Å². The second-order valence-corrected chi connectivity index (χ2v) is 8.98. The van der Waals surface area contributed by atoms with E-state index in [2.05, 4.69) is 25.6 Å². The number of nitrogens with one attached hydrogen (secondary N) is 2. The predicted molar refractivity (Wildman–Crippen MR) is 130 cm³/mol. The first-order valence-corrected chi connectivity index (χ1v) is 11.7. The molecule has 3 heterocycles. The maximum atomic E-state index is 12.8. The fourth-order valence-electron chi connectivity index (χ4n) is 3.81. The Morgan fingerprint density at radius 2 is 2.17 bits per heavy atom. The number of carbonyl (C=O) groups excluding carboxylic acids is 1. The highest BCUT2D eigenvalue weighted by Gasteiger charge is 2.19. The lowest BCUT2D eigenvalue weighted by molar-refractivity contribution is -0.141. The lowest BCUT2D eigenvalue weighted by Gasteiger charge is -2.14. The second-order valence-electron chi connectivity index (χ2n) is 8.57. The van der Waals surface area contributed by atoms with Gasteiger partial charge < -0.3 is 20.5 Å². The van der Waals surface area contributed by atoms with E-state index < -0.39 is 11.9 Å². The quantitative estimate of drug-likeness (QED) is 0.410. The predicted octanol–water partition coefficient (Wildman–Crippen LogP) is 3.02. The number of carbonyl (C=O) groups is 2. The molecule has 35 heavy (non-hydrogen) atoms. The summed E-state index contributed by atoms with van der Waals surface area (Å²) in [6.45, 7) is 5.03. The van der Waals surface area contributed by atoms with Gasteiger partial charge in [0.1, 0.15) is 17.8 Å². The molecule has 3 N–H and O–H groups in total. The number of nitrogens with zero attached hydrogens (tertiary/aromatic N) is 4. The van der Waals surface area contributed by atoms with Gasteiger partial charge in [-0.2, -0.15) is 4.98 Å². The topological polar surface area (TPSA) is 131 Å². The Hall–Kier alpha value is -3.50. The molecule has 1 aliphatic heterocycles. The molecular weight excluding hydrogens is 472 g/mol. The summed E-state index contributed by atoms with van der Waals surface area (Å²) in [6, 6.07) is 5.48. The third-order valence-corrected chi connectivity index (χ3v) is 6.21. The van der Waals surface area contributed by atoms with E-state index in [1.54, 1.807) is 36.0 Å². The number of aromatic nitrogens is 4. The fourth-order valence-corrected chi connectivity index (χ4v) is 4.08. The van der Waals surface area contributed by atoms with E-state index >= 15 is 0 Å². The number of aliphatic carboxylic acids is 1. The Labute approximate surface area is 207 Å². The first-order valence-electron chi connectivity index (χ1n) is 11.3. The van der Waals surface area contributed by atoms with Gasteiger partial charge in [0.05, 0.1) is 18.6 Å². The van der Waals surface area contributed by atoms with Crippen molar-refractivity contribution >= 4 is 29.4 Å². The van der Waals surface area contributed by atoms with Crippen LogP contribution in [0.1, 0.15) is 40.5 Å². The minimum Gasteiger partial charge on any atom is -0.481 e. The van der Waals surface area contributed by atoms with Crippen molar-refractivity contribution in [1.29, 1.82) is 0 Å². The fraction of sp³-hybridized carbons (Fsp3) is 0.375. The minimum atomic E-state index is -0.902. The normalized spacial score (nSPS) is 16.1. The lowest BCUT2D eigenvalue weighted by Crippen LogP contribution is -2.24. The monoisotopic (exact) mass is 498 g/mol. The Morgan fingerprint density at radius 3 is 2.91 bits per heavy atom. The van der Waals surface area contributed by atoms with Crippen LogP contribution in [0.5, 0.6) is 0 Å². The molecule has 1 fully saturated rings. The van der Waals surface area contributed by atoms with Crippen molar-refractivity contribution in [2.75, 3.05) is 18.5 Å². The molecule has 2 atom stereocenters. The Bertz CT molecular complexity index is 1220. The van der Waals surface area contributed by atoms with Gasteiger partial charge in [-0.1, -0.05) is 30.7 Å². The number of ether oxygens (including phenoxy) is 1. The third-order valence-electron chi connectivity index (χ3n) is 5.85. The van der Waals surface area contributed by atoms with Gasteiger partial charge in [0, 0.05) is 36.1 Å². The van der Waals surface area contributed by atoms with Gasteiger partial charge in [0.15, 0.2) is 0 Å². The highest BCUT2D eigenvalue weighted by Crippen LogP contribution is 2.24. The van der Waals surface area contributed by atoms with Gasteiger partial charge in [-0.25, -0.2) is 9.97 Å². The largest absolute Gasteiger partial charge is 0.481 e. The molecule has 1 aliphatic rings. The average molecular weight is 499 g/mol. The van der Waals surface area contributed by atoms with E-state index in [1.165, 1.54) is 6.33 Å². The Kier molecular flexibility index (Phi) is 7.62. The summed E-state index contributed by atoms with van der Waals surface area (Å²) < 4.78 is 7.07. The molecule has 1 unspecified atom stereocenters. The van der Waals surface area contributed by atoms with E-state index in [-0.39, 0.29) is 30.6 Å². The Balaban J connectivity index is 1.45. The number of anilines is 1. The molecule has 1 saturated heterocycles. The van der Waals surface area contributed by atoms with Crippen molar-refractivity contribution in [1.82, 2.24) is 24.8 Å². The van der Waals surface area contributed by atoms with Gasteiger partial charge in [-0.15, -0.1) is 0 Å². The van der Waals surface area contributed by atoms with E-state index in [1.807, 2.05) is 13.0 Å². The highest BCUT2D eigenvalue weighted by atomic mass is 35.5. The average Bonchev–Trinajstić information content (AvgIpc) is 3.53. The van der Waals surface area contributed by atoms with Crippen LogP contribution in [0.15, 0.2) is 36.9 Å². The van der Waals surface area contributed by atoms with Crippen LogP contribution < -0.4 is 10.6 Å². The number of carboxylic acid groups (broad SMARTS) is 1. The summed E-state index contributed by atoms with van der Waals surface area (Å²) in [5.41, 5.74) is 2.53. The summed E-state index contributed by atoms with van der Waals surface area (Å²) in [6.07, 6.45) is 6.03. The van der Waals surface area contributed by atoms with Crippen LogP contribution in [0.2, 0.25) is 5.02 Å². The number of benzene rings is 1. The van der Waals surface area contributed by atoms with Crippen molar-refractivity contribution < 1.29 is 19.4 Å². The molecule has 1 amide bonds.